The van der Waals surface area contributed by atoms with Crippen molar-refractivity contribution in [2.75, 3.05) is 31.8 Å². The van der Waals surface area contributed by atoms with E-state index in [4.69, 9.17) is 9.47 Å². The van der Waals surface area contributed by atoms with Gasteiger partial charge in [0.15, 0.2) is 11.5 Å². The molecule has 2 aromatic rings. The monoisotopic (exact) mass is 392 g/mol. The molecule has 0 saturated carbocycles. The predicted molar refractivity (Wildman–Crippen MR) is 105 cm³/mol. The summed E-state index contributed by atoms with van der Waals surface area (Å²) in [5.41, 5.74) is 1.80. The molecule has 27 heavy (non-hydrogen) atoms. The zero-order valence-electron chi connectivity index (χ0n) is 16.0. The second-order valence-electron chi connectivity index (χ2n) is 6.09. The lowest BCUT2D eigenvalue weighted by Crippen LogP contribution is -2.27. The molecule has 0 aliphatic carbocycles. The summed E-state index contributed by atoms with van der Waals surface area (Å²) in [6, 6.07) is 11.6. The fourth-order valence-electron chi connectivity index (χ4n) is 2.50. The number of methoxy groups -OCH3 is 2. The summed E-state index contributed by atoms with van der Waals surface area (Å²) in [6.45, 7) is 1.87. The summed E-state index contributed by atoms with van der Waals surface area (Å²) < 4.78 is 34.8. The number of hydrogen-bond donors (Lipinski definition) is 1. The topological polar surface area (TPSA) is 84.9 Å². The number of hydrogen-bond acceptors (Lipinski definition) is 5. The third-order valence-corrected chi connectivity index (χ3v) is 5.45. The Morgan fingerprint density at radius 3 is 2.15 bits per heavy atom. The molecule has 0 aliphatic heterocycles. The van der Waals surface area contributed by atoms with Crippen molar-refractivity contribution in [3.8, 4) is 11.5 Å². The second-order valence-corrected chi connectivity index (χ2v) is 8.10. The molecule has 0 saturated heterocycles. The molecule has 0 fully saturated rings. The van der Waals surface area contributed by atoms with Crippen molar-refractivity contribution in [1.82, 2.24) is 5.32 Å². The highest BCUT2D eigenvalue weighted by Crippen LogP contribution is 2.30. The molecule has 1 amide bonds. The molecule has 146 valence electrons. The first kappa shape index (κ1) is 20.6. The van der Waals surface area contributed by atoms with E-state index in [-0.39, 0.29) is 11.9 Å². The maximum absolute atomic E-state index is 12.5. The molecule has 0 bridgehead atoms. The van der Waals surface area contributed by atoms with Crippen molar-refractivity contribution in [3.05, 3.63) is 53.6 Å². The molecule has 2 aromatic carbocycles. The molecule has 0 radical (unpaired) electrons. The summed E-state index contributed by atoms with van der Waals surface area (Å²) in [6.07, 6.45) is 1.12. The van der Waals surface area contributed by atoms with E-state index in [1.165, 1.54) is 7.05 Å². The maximum Gasteiger partial charge on any atom is 0.251 e. The molecular formula is C19H24N2O5S. The summed E-state index contributed by atoms with van der Waals surface area (Å²) >= 11 is 0. The predicted octanol–water partition coefficient (Wildman–Crippen LogP) is 2.59. The van der Waals surface area contributed by atoms with E-state index in [2.05, 4.69) is 5.32 Å². The number of sulfonamides is 1. The Morgan fingerprint density at radius 2 is 1.63 bits per heavy atom. The van der Waals surface area contributed by atoms with E-state index in [0.717, 1.165) is 16.1 Å². The molecular weight excluding hydrogens is 368 g/mol. The largest absolute Gasteiger partial charge is 0.493 e. The Labute approximate surface area is 160 Å². The third kappa shape index (κ3) is 4.91. The van der Waals surface area contributed by atoms with Gasteiger partial charge in [-0.25, -0.2) is 8.42 Å². The van der Waals surface area contributed by atoms with E-state index in [0.29, 0.717) is 22.7 Å². The van der Waals surface area contributed by atoms with Crippen LogP contribution >= 0.6 is 0 Å². The van der Waals surface area contributed by atoms with Gasteiger partial charge in [0.2, 0.25) is 10.0 Å². The van der Waals surface area contributed by atoms with Crippen LogP contribution in [0.15, 0.2) is 42.5 Å². The average Bonchev–Trinajstić information content (AvgIpc) is 2.66. The van der Waals surface area contributed by atoms with Gasteiger partial charge in [-0.2, -0.15) is 0 Å². The third-order valence-electron chi connectivity index (χ3n) is 4.25. The van der Waals surface area contributed by atoms with Crippen LogP contribution in [0.4, 0.5) is 5.69 Å². The standard InChI is InChI=1S/C19H24N2O5S/c1-13(15-8-11-17(25-3)18(12-15)26-4)20-19(22)14-6-9-16(10-7-14)21(2)27(5,23)24/h6-13H,1-5H3,(H,20,22)/t13-/m0/s1. The van der Waals surface area contributed by atoms with Crippen LogP contribution in [0.3, 0.4) is 0 Å². The number of carbonyl (C=O) groups is 1. The van der Waals surface area contributed by atoms with Crippen molar-refractivity contribution in [2.45, 2.75) is 13.0 Å². The maximum atomic E-state index is 12.5. The molecule has 0 aliphatic rings. The molecule has 0 aromatic heterocycles. The first-order valence-corrected chi connectivity index (χ1v) is 10.1. The summed E-state index contributed by atoms with van der Waals surface area (Å²) in [4.78, 5) is 12.5. The number of benzene rings is 2. The summed E-state index contributed by atoms with van der Waals surface area (Å²) in [5.74, 6) is 0.945. The van der Waals surface area contributed by atoms with Crippen LogP contribution in [-0.4, -0.2) is 41.8 Å². The molecule has 1 N–H and O–H groups in total. The number of nitrogens with one attached hydrogen (secondary N) is 1. The van der Waals surface area contributed by atoms with Crippen LogP contribution in [0.5, 0.6) is 11.5 Å². The lowest BCUT2D eigenvalue weighted by molar-refractivity contribution is 0.0940. The number of nitrogens with zero attached hydrogens (tertiary/aromatic N) is 1. The summed E-state index contributed by atoms with van der Waals surface area (Å²) in [7, 11) is 1.23. The van der Waals surface area contributed by atoms with Crippen molar-refractivity contribution in [1.29, 1.82) is 0 Å². The van der Waals surface area contributed by atoms with Gasteiger partial charge >= 0.3 is 0 Å². The quantitative estimate of drug-likeness (QED) is 0.783. The SMILES string of the molecule is COc1ccc([C@H](C)NC(=O)c2ccc(N(C)S(C)(=O)=O)cc2)cc1OC. The van der Waals surface area contributed by atoms with Crippen molar-refractivity contribution in [3.63, 3.8) is 0 Å². The number of anilines is 1. The Kier molecular flexibility index (Phi) is 6.32. The van der Waals surface area contributed by atoms with Crippen molar-refractivity contribution >= 4 is 21.6 Å². The second kappa shape index (κ2) is 8.30. The number of rotatable bonds is 7. The van der Waals surface area contributed by atoms with Gasteiger partial charge in [-0.05, 0) is 48.9 Å². The van der Waals surface area contributed by atoms with E-state index in [1.54, 1.807) is 44.6 Å². The zero-order chi connectivity index (χ0) is 20.2. The van der Waals surface area contributed by atoms with Gasteiger partial charge in [-0.1, -0.05) is 6.07 Å². The fourth-order valence-corrected chi connectivity index (χ4v) is 3.00. The van der Waals surface area contributed by atoms with Crippen LogP contribution in [0, 0.1) is 0 Å². The van der Waals surface area contributed by atoms with Gasteiger partial charge in [0.25, 0.3) is 5.91 Å². The lowest BCUT2D eigenvalue weighted by atomic mass is 10.1. The van der Waals surface area contributed by atoms with E-state index < -0.39 is 10.0 Å². The molecule has 0 unspecified atom stereocenters. The Morgan fingerprint density at radius 1 is 1.04 bits per heavy atom. The van der Waals surface area contributed by atoms with E-state index >= 15 is 0 Å². The average molecular weight is 392 g/mol. The van der Waals surface area contributed by atoms with Gasteiger partial charge in [-0.15, -0.1) is 0 Å². The minimum absolute atomic E-state index is 0.254. The first-order chi connectivity index (χ1) is 12.7. The highest BCUT2D eigenvalue weighted by Gasteiger charge is 2.16. The van der Waals surface area contributed by atoms with Gasteiger partial charge in [0.1, 0.15) is 0 Å². The minimum Gasteiger partial charge on any atom is -0.493 e. The van der Waals surface area contributed by atoms with Crippen LogP contribution in [0.2, 0.25) is 0 Å². The fraction of sp³-hybridized carbons (Fsp3) is 0.316. The van der Waals surface area contributed by atoms with Crippen LogP contribution < -0.4 is 19.1 Å². The Balaban J connectivity index is 2.12. The minimum atomic E-state index is -3.35. The molecule has 0 spiro atoms. The molecule has 2 rings (SSSR count). The Bertz CT molecular complexity index is 910. The number of carbonyl (C=O) groups excluding carboxylic acids is 1. The normalized spacial score (nSPS) is 12.2. The van der Waals surface area contributed by atoms with Crippen LogP contribution in [0.1, 0.15) is 28.9 Å². The van der Waals surface area contributed by atoms with E-state index in [1.807, 2.05) is 19.1 Å². The van der Waals surface area contributed by atoms with Gasteiger partial charge in [-0.3, -0.25) is 9.10 Å². The highest BCUT2D eigenvalue weighted by molar-refractivity contribution is 7.92. The van der Waals surface area contributed by atoms with E-state index in [9.17, 15) is 13.2 Å². The molecule has 0 heterocycles. The van der Waals surface area contributed by atoms with Gasteiger partial charge < -0.3 is 14.8 Å². The van der Waals surface area contributed by atoms with Crippen molar-refractivity contribution in [2.24, 2.45) is 0 Å². The highest BCUT2D eigenvalue weighted by atomic mass is 32.2. The first-order valence-electron chi connectivity index (χ1n) is 8.24. The summed E-state index contributed by atoms with van der Waals surface area (Å²) in [5, 5.41) is 2.91. The molecule has 1 atom stereocenters. The van der Waals surface area contributed by atoms with Crippen LogP contribution in [0.25, 0.3) is 0 Å². The zero-order valence-corrected chi connectivity index (χ0v) is 16.8. The number of ether oxygens (including phenoxy) is 2. The van der Waals surface area contributed by atoms with Crippen LogP contribution in [-0.2, 0) is 10.0 Å². The van der Waals surface area contributed by atoms with Crippen molar-refractivity contribution < 1.29 is 22.7 Å². The molecule has 8 heteroatoms. The Hall–Kier alpha value is -2.74. The number of amides is 1. The molecule has 7 nitrogen and oxygen atoms in total. The lowest BCUT2D eigenvalue weighted by Gasteiger charge is -2.18. The van der Waals surface area contributed by atoms with Gasteiger partial charge in [0.05, 0.1) is 32.2 Å². The smallest absolute Gasteiger partial charge is 0.251 e. The van der Waals surface area contributed by atoms with Gasteiger partial charge in [0, 0.05) is 12.6 Å².